The molecule has 0 fully saturated rings. The average molecular weight is 109 g/mol. The van der Waals surface area contributed by atoms with E-state index in [0.29, 0.717) is 0 Å². The van der Waals surface area contributed by atoms with Crippen LogP contribution in [0.15, 0.2) is 5.11 Å². The van der Waals surface area contributed by atoms with Crippen molar-refractivity contribution in [1.29, 1.82) is 5.53 Å². The maximum atomic E-state index is 5.83. The van der Waals surface area contributed by atoms with E-state index < -0.39 is 0 Å². The molecule has 1 N–H and O–H groups in total. The Bertz CT molecular complexity index is 13.5. The average Bonchev–Trinajstić information content (AvgIpc) is 0.918. The molecule has 0 bridgehead atoms. The summed E-state index contributed by atoms with van der Waals surface area (Å²) in [7, 11) is 1.42. The Hall–Kier alpha value is 0.223. The molecule has 0 radical (unpaired) electrons. The molecule has 0 aromatic carbocycles. The van der Waals surface area contributed by atoms with Gasteiger partial charge in [0, 0.05) is 26.5 Å². The molecule has 0 atom stereocenters. The molecule has 0 aliphatic heterocycles. The first-order valence-corrected chi connectivity index (χ1v) is 0.671. The summed E-state index contributed by atoms with van der Waals surface area (Å²) in [6.45, 7) is 0. The Labute approximate surface area is 37.9 Å². The van der Waals surface area contributed by atoms with Crippen molar-refractivity contribution in [3.8, 4) is 0 Å². The van der Waals surface area contributed by atoms with Gasteiger partial charge >= 0.3 is 0 Å². The first-order valence-electron chi connectivity index (χ1n) is 0.671. The second-order valence-corrected chi connectivity index (χ2v) is 0.224. The Kier molecular flexibility index (Phi) is 23.6. The summed E-state index contributed by atoms with van der Waals surface area (Å²) in [4.78, 5) is 0. The zero-order chi connectivity index (χ0) is 2.71. The molecule has 0 rings (SSSR count). The molecule has 0 aromatic heterocycles. The summed E-state index contributed by atoms with van der Waals surface area (Å²) in [6.07, 6.45) is 0. The fourth-order valence-electron chi connectivity index (χ4n) is 0. The maximum absolute atomic E-state index is 5.83. The van der Waals surface area contributed by atoms with E-state index in [1.54, 1.807) is 0 Å². The zero-order valence-electron chi connectivity index (χ0n) is 2.65. The molecular formula is CH4N2Zn. The van der Waals surface area contributed by atoms with Crippen LogP contribution in [0.25, 0.3) is 0 Å². The fraction of sp³-hybridized carbons (Fsp3) is 1.00. The minimum atomic E-state index is 0. The van der Waals surface area contributed by atoms with Gasteiger partial charge in [0.05, 0.1) is 0 Å². The van der Waals surface area contributed by atoms with Gasteiger partial charge in [-0.25, -0.2) is 10.6 Å². The summed E-state index contributed by atoms with van der Waals surface area (Å²) in [6, 6.07) is 0. The first kappa shape index (κ1) is 8.88. The minimum absolute atomic E-state index is 0. The molecule has 0 amide bonds. The summed E-state index contributed by atoms with van der Waals surface area (Å²) in [5.74, 6) is 0. The fourth-order valence-corrected chi connectivity index (χ4v) is 0. The molecule has 3 heteroatoms. The minimum Gasteiger partial charge on any atom is -0.210 e. The molecule has 20 valence electrons. The van der Waals surface area contributed by atoms with Gasteiger partial charge in [-0.1, -0.05) is 0 Å². The summed E-state index contributed by atoms with van der Waals surface area (Å²) < 4.78 is 0. The molecule has 2 nitrogen and oxygen atoms in total. The molecule has 0 saturated carbocycles. The predicted octanol–water partition coefficient (Wildman–Crippen LogP) is 0.645. The quantitative estimate of drug-likeness (QED) is 0.350. The topological polar surface area (TPSA) is 36.2 Å². The van der Waals surface area contributed by atoms with E-state index >= 15 is 0 Å². The molecule has 4 heavy (non-hydrogen) atoms. The second-order valence-electron chi connectivity index (χ2n) is 0.224. The van der Waals surface area contributed by atoms with E-state index in [9.17, 15) is 0 Å². The third-order valence-corrected chi connectivity index (χ3v) is 0. The Balaban J connectivity index is 0. The van der Waals surface area contributed by atoms with E-state index in [1.807, 2.05) is 0 Å². The van der Waals surface area contributed by atoms with Crippen LogP contribution in [0.2, 0.25) is 0 Å². The molecule has 0 saturated heterocycles. The van der Waals surface area contributed by atoms with E-state index in [1.165, 1.54) is 7.05 Å². The van der Waals surface area contributed by atoms with Gasteiger partial charge in [0.25, 0.3) is 0 Å². The van der Waals surface area contributed by atoms with Crippen LogP contribution >= 0.6 is 0 Å². The smallest absolute Gasteiger partial charge is 0.0485 e. The largest absolute Gasteiger partial charge is 0.210 e. The molecular weight excluding hydrogens is 105 g/mol. The van der Waals surface area contributed by atoms with Crippen molar-refractivity contribution in [3.63, 3.8) is 0 Å². The molecule has 0 spiro atoms. The van der Waals surface area contributed by atoms with Crippen molar-refractivity contribution < 1.29 is 19.5 Å². The van der Waals surface area contributed by atoms with Crippen LogP contribution < -0.4 is 0 Å². The Morgan fingerprint density at radius 1 is 1.75 bits per heavy atom. The maximum Gasteiger partial charge on any atom is 0.0485 e. The van der Waals surface area contributed by atoms with Crippen molar-refractivity contribution in [3.05, 3.63) is 0 Å². The van der Waals surface area contributed by atoms with Crippen LogP contribution in [0, 0.1) is 5.53 Å². The predicted molar refractivity (Wildman–Crippen MR) is 11.1 cm³/mol. The Morgan fingerprint density at radius 2 is 1.75 bits per heavy atom. The van der Waals surface area contributed by atoms with Gasteiger partial charge in [-0.05, 0) is 0 Å². The van der Waals surface area contributed by atoms with Gasteiger partial charge in [-0.3, -0.25) is 0 Å². The van der Waals surface area contributed by atoms with Gasteiger partial charge in [0.15, 0.2) is 0 Å². The molecule has 0 heterocycles. The van der Waals surface area contributed by atoms with Gasteiger partial charge in [-0.2, -0.15) is 0 Å². The van der Waals surface area contributed by atoms with Gasteiger partial charge in [-0.15, -0.1) is 0 Å². The van der Waals surface area contributed by atoms with Crippen LogP contribution in [0.4, 0.5) is 0 Å². The number of hydrogen-bond acceptors (Lipinski definition) is 2. The number of nitrogens with one attached hydrogen (secondary N) is 1. The van der Waals surface area contributed by atoms with E-state index in [2.05, 4.69) is 5.11 Å². The third kappa shape index (κ3) is 66.7. The normalized spacial score (nSPS) is 3.25. The molecule has 0 aromatic rings. The standard InChI is InChI=1S/CH4N2.Zn/c1-3-2;/h2H,1H3;. The van der Waals surface area contributed by atoms with Gasteiger partial charge in [0.2, 0.25) is 0 Å². The number of rotatable bonds is 0. The number of hydrogen-bond donors (Lipinski definition) is 1. The summed E-state index contributed by atoms with van der Waals surface area (Å²) >= 11 is 0. The number of nitrogens with zero attached hydrogens (tertiary/aromatic N) is 1. The van der Waals surface area contributed by atoms with Crippen molar-refractivity contribution >= 4 is 0 Å². The van der Waals surface area contributed by atoms with Crippen LogP contribution in [-0.4, -0.2) is 7.05 Å². The van der Waals surface area contributed by atoms with Crippen molar-refractivity contribution in [2.24, 2.45) is 5.11 Å². The Morgan fingerprint density at radius 3 is 1.75 bits per heavy atom. The second kappa shape index (κ2) is 10.6. The molecule has 0 unspecified atom stereocenters. The van der Waals surface area contributed by atoms with Crippen LogP contribution in [0.3, 0.4) is 0 Å². The van der Waals surface area contributed by atoms with Crippen molar-refractivity contribution in [2.75, 3.05) is 7.05 Å². The van der Waals surface area contributed by atoms with E-state index in [0.717, 1.165) is 0 Å². The van der Waals surface area contributed by atoms with E-state index in [-0.39, 0.29) is 19.5 Å². The zero-order valence-corrected chi connectivity index (χ0v) is 5.62. The van der Waals surface area contributed by atoms with Crippen molar-refractivity contribution in [2.45, 2.75) is 0 Å². The molecule has 0 aliphatic rings. The van der Waals surface area contributed by atoms with Crippen LogP contribution in [-0.2, 0) is 19.5 Å². The van der Waals surface area contributed by atoms with Crippen molar-refractivity contribution in [1.82, 2.24) is 0 Å². The van der Waals surface area contributed by atoms with Crippen LogP contribution in [0.1, 0.15) is 0 Å². The third-order valence-electron chi connectivity index (χ3n) is 0. The first-order chi connectivity index (χ1) is 1.41. The van der Waals surface area contributed by atoms with Gasteiger partial charge in [0.1, 0.15) is 0 Å². The monoisotopic (exact) mass is 108 g/mol. The summed E-state index contributed by atoms with van der Waals surface area (Å²) in [5, 5.41) is 2.75. The van der Waals surface area contributed by atoms with Crippen LogP contribution in [0.5, 0.6) is 0 Å². The van der Waals surface area contributed by atoms with E-state index in [4.69, 9.17) is 5.53 Å². The SMILES string of the molecule is CN=N.[Zn]. The molecule has 0 aliphatic carbocycles. The summed E-state index contributed by atoms with van der Waals surface area (Å²) in [5.41, 5.74) is 5.83. The van der Waals surface area contributed by atoms with Gasteiger partial charge < -0.3 is 0 Å².